The lowest BCUT2D eigenvalue weighted by molar-refractivity contribution is -0.137. The molecule has 1 aliphatic heterocycles. The summed E-state index contributed by atoms with van der Waals surface area (Å²) in [5, 5.41) is 9.80. The van der Waals surface area contributed by atoms with E-state index in [1.807, 2.05) is 22.6 Å². The second kappa shape index (κ2) is 7.26. The van der Waals surface area contributed by atoms with E-state index >= 15 is 0 Å². The molecule has 2 aromatic rings. The van der Waals surface area contributed by atoms with Gasteiger partial charge >= 0.3 is 12.3 Å². The first-order valence-corrected chi connectivity index (χ1v) is 9.21. The fourth-order valence-electron chi connectivity index (χ4n) is 3.14. The maximum absolute atomic E-state index is 12.7. The van der Waals surface area contributed by atoms with Gasteiger partial charge in [-0.25, -0.2) is 9.78 Å². The molecule has 26 heavy (non-hydrogen) atoms. The van der Waals surface area contributed by atoms with Crippen LogP contribution in [0.3, 0.4) is 0 Å². The Morgan fingerprint density at radius 2 is 1.96 bits per heavy atom. The van der Waals surface area contributed by atoms with Crippen LogP contribution in [0.4, 0.5) is 18.0 Å². The van der Waals surface area contributed by atoms with Crippen molar-refractivity contribution in [2.75, 3.05) is 6.54 Å². The third-order valence-corrected chi connectivity index (χ3v) is 5.49. The molecule has 1 amide bonds. The number of carbonyl (C=O) groups is 1. The first-order chi connectivity index (χ1) is 12.2. The Bertz CT molecular complexity index is 823. The molecule has 1 N–H and O–H groups in total. The van der Waals surface area contributed by atoms with Gasteiger partial charge in [-0.3, -0.25) is 4.90 Å². The highest BCUT2D eigenvalue weighted by atomic mass is 127. The zero-order chi connectivity index (χ0) is 19.1. The monoisotopic (exact) mass is 499 g/mol. The predicted octanol–water partition coefficient (Wildman–Crippen LogP) is 4.83. The van der Waals surface area contributed by atoms with Crippen molar-refractivity contribution < 1.29 is 23.1 Å². The van der Waals surface area contributed by atoms with Gasteiger partial charge in [0.2, 0.25) is 5.28 Å². The number of rotatable bonds is 3. The van der Waals surface area contributed by atoms with E-state index in [0.29, 0.717) is 33.9 Å². The molecule has 1 atom stereocenters. The van der Waals surface area contributed by atoms with Crippen LogP contribution in [0.25, 0.3) is 0 Å². The molecule has 10 heteroatoms. The third-order valence-electron chi connectivity index (χ3n) is 4.41. The van der Waals surface area contributed by atoms with E-state index in [0.717, 1.165) is 17.8 Å². The number of aromatic nitrogens is 2. The number of benzene rings is 1. The number of alkyl halides is 3. The highest BCUT2D eigenvalue weighted by molar-refractivity contribution is 14.1. The Balaban J connectivity index is 1.82. The van der Waals surface area contributed by atoms with Crippen molar-refractivity contribution in [2.24, 2.45) is 0 Å². The smallest absolute Gasteiger partial charge is 0.416 e. The third kappa shape index (κ3) is 3.78. The molecule has 1 aliphatic rings. The van der Waals surface area contributed by atoms with Crippen LogP contribution in [0, 0.1) is 3.70 Å². The van der Waals surface area contributed by atoms with Crippen LogP contribution in [0.15, 0.2) is 24.3 Å². The molecule has 2 heterocycles. The van der Waals surface area contributed by atoms with Crippen LogP contribution < -0.4 is 0 Å². The van der Waals surface area contributed by atoms with E-state index in [1.165, 1.54) is 17.0 Å². The van der Waals surface area contributed by atoms with Gasteiger partial charge in [-0.1, -0.05) is 12.1 Å². The Morgan fingerprint density at radius 1 is 1.31 bits per heavy atom. The van der Waals surface area contributed by atoms with E-state index in [1.54, 1.807) is 4.57 Å². The first-order valence-electron chi connectivity index (χ1n) is 7.75. The van der Waals surface area contributed by atoms with E-state index < -0.39 is 23.9 Å². The van der Waals surface area contributed by atoms with Gasteiger partial charge in [0.05, 0.1) is 17.3 Å². The summed E-state index contributed by atoms with van der Waals surface area (Å²) in [6.45, 7) is 0.708. The van der Waals surface area contributed by atoms with Crippen molar-refractivity contribution >= 4 is 40.3 Å². The minimum Gasteiger partial charge on any atom is -0.465 e. The summed E-state index contributed by atoms with van der Waals surface area (Å²) in [6, 6.07) is 4.47. The fraction of sp³-hybridized carbons (Fsp3) is 0.375. The topological polar surface area (TPSA) is 58.4 Å². The summed E-state index contributed by atoms with van der Waals surface area (Å²) < 4.78 is 40.4. The summed E-state index contributed by atoms with van der Waals surface area (Å²) in [6.07, 6.45) is -4.55. The standard InChI is InChI=1S/C16H14ClF3IN3O2/c17-14-22-13(21)12-11(23(15(25)26)7-8-24(12)14)6-3-9-1-4-10(5-2-9)16(18,19)20/h1-2,4-5,11H,3,6-8H2,(H,25,26). The van der Waals surface area contributed by atoms with Gasteiger partial charge in [0.1, 0.15) is 3.70 Å². The minimum absolute atomic E-state index is 0.284. The number of fused-ring (bicyclic) bond motifs is 1. The lowest BCUT2D eigenvalue weighted by Crippen LogP contribution is -2.41. The van der Waals surface area contributed by atoms with Gasteiger partial charge in [-0.15, -0.1) is 0 Å². The summed E-state index contributed by atoms with van der Waals surface area (Å²) >= 11 is 8.13. The van der Waals surface area contributed by atoms with Crippen LogP contribution in [-0.2, 0) is 19.1 Å². The molecule has 0 saturated heterocycles. The number of hydrogen-bond acceptors (Lipinski definition) is 2. The van der Waals surface area contributed by atoms with Crippen LogP contribution >= 0.6 is 34.2 Å². The van der Waals surface area contributed by atoms with Crippen LogP contribution in [0.1, 0.15) is 29.3 Å². The largest absolute Gasteiger partial charge is 0.465 e. The average molecular weight is 500 g/mol. The zero-order valence-corrected chi connectivity index (χ0v) is 16.2. The molecule has 0 fully saturated rings. The van der Waals surface area contributed by atoms with E-state index in [-0.39, 0.29) is 6.54 Å². The summed E-state index contributed by atoms with van der Waals surface area (Å²) in [5.41, 5.74) is 0.739. The van der Waals surface area contributed by atoms with E-state index in [2.05, 4.69) is 4.98 Å². The van der Waals surface area contributed by atoms with Gasteiger partial charge in [0.25, 0.3) is 0 Å². The number of imidazole rings is 1. The maximum Gasteiger partial charge on any atom is 0.416 e. The van der Waals surface area contributed by atoms with Gasteiger partial charge < -0.3 is 9.67 Å². The molecule has 1 unspecified atom stereocenters. The van der Waals surface area contributed by atoms with Crippen molar-refractivity contribution in [2.45, 2.75) is 31.6 Å². The maximum atomic E-state index is 12.7. The van der Waals surface area contributed by atoms with Crippen molar-refractivity contribution in [3.8, 4) is 0 Å². The Kier molecular flexibility index (Phi) is 5.38. The van der Waals surface area contributed by atoms with Crippen molar-refractivity contribution in [3.05, 3.63) is 50.1 Å². The molecule has 3 rings (SSSR count). The second-order valence-corrected chi connectivity index (χ2v) is 7.29. The predicted molar refractivity (Wildman–Crippen MR) is 97.2 cm³/mol. The van der Waals surface area contributed by atoms with Crippen LogP contribution in [-0.4, -0.2) is 32.2 Å². The lowest BCUT2D eigenvalue weighted by Gasteiger charge is -2.35. The first kappa shape index (κ1) is 19.3. The number of nitrogens with zero attached hydrogens (tertiary/aromatic N) is 3. The van der Waals surface area contributed by atoms with Gasteiger partial charge in [-0.05, 0) is 64.7 Å². The highest BCUT2D eigenvalue weighted by Crippen LogP contribution is 2.35. The number of aryl methyl sites for hydroxylation is 1. The quantitative estimate of drug-likeness (QED) is 0.616. The Morgan fingerprint density at radius 3 is 2.54 bits per heavy atom. The highest BCUT2D eigenvalue weighted by Gasteiger charge is 2.35. The van der Waals surface area contributed by atoms with Gasteiger partial charge in [-0.2, -0.15) is 13.2 Å². The second-order valence-electron chi connectivity index (χ2n) is 5.93. The number of carboxylic acid groups (broad SMARTS) is 1. The summed E-state index contributed by atoms with van der Waals surface area (Å²) in [7, 11) is 0. The number of hydrogen-bond donors (Lipinski definition) is 1. The lowest BCUT2D eigenvalue weighted by atomic mass is 10.00. The molecule has 1 aromatic heterocycles. The molecule has 0 saturated carbocycles. The van der Waals surface area contributed by atoms with Crippen LogP contribution in [0.2, 0.25) is 5.28 Å². The molecule has 0 radical (unpaired) electrons. The van der Waals surface area contributed by atoms with Crippen molar-refractivity contribution in [1.82, 2.24) is 14.5 Å². The fourth-order valence-corrected chi connectivity index (χ4v) is 4.42. The van der Waals surface area contributed by atoms with Crippen molar-refractivity contribution in [1.29, 1.82) is 0 Å². The average Bonchev–Trinajstić information content (AvgIpc) is 2.86. The Hall–Kier alpha value is -1.49. The minimum atomic E-state index is -4.37. The molecule has 5 nitrogen and oxygen atoms in total. The normalized spacial score (nSPS) is 17.3. The zero-order valence-electron chi connectivity index (χ0n) is 13.3. The van der Waals surface area contributed by atoms with E-state index in [9.17, 15) is 23.1 Å². The summed E-state index contributed by atoms with van der Waals surface area (Å²) in [4.78, 5) is 17.1. The Labute approximate surface area is 165 Å². The number of halogens is 5. The summed E-state index contributed by atoms with van der Waals surface area (Å²) in [5.74, 6) is 0. The molecule has 140 valence electrons. The van der Waals surface area contributed by atoms with Crippen molar-refractivity contribution in [3.63, 3.8) is 0 Å². The van der Waals surface area contributed by atoms with Crippen LogP contribution in [0.5, 0.6) is 0 Å². The molecule has 0 bridgehead atoms. The molecular weight excluding hydrogens is 486 g/mol. The molecule has 0 spiro atoms. The SMILES string of the molecule is O=C(O)N1CCn2c(Cl)nc(I)c2C1CCc1ccc(C(F)(F)F)cc1. The molecule has 1 aromatic carbocycles. The van der Waals surface area contributed by atoms with Gasteiger partial charge in [0.15, 0.2) is 0 Å². The number of amides is 1. The van der Waals surface area contributed by atoms with Gasteiger partial charge in [0, 0.05) is 13.1 Å². The molecule has 0 aliphatic carbocycles. The molecular formula is C16H14ClF3IN3O2. The van der Waals surface area contributed by atoms with E-state index in [4.69, 9.17) is 11.6 Å².